The van der Waals surface area contributed by atoms with Crippen LogP contribution in [0.2, 0.25) is 0 Å². The summed E-state index contributed by atoms with van der Waals surface area (Å²) in [4.78, 5) is 12.2. The molecule has 0 N–H and O–H groups in total. The van der Waals surface area contributed by atoms with E-state index in [1.54, 1.807) is 0 Å². The van der Waals surface area contributed by atoms with Gasteiger partial charge in [-0.3, -0.25) is 9.48 Å². The highest BCUT2D eigenvalue weighted by Gasteiger charge is 2.37. The van der Waals surface area contributed by atoms with Crippen LogP contribution in [-0.4, -0.2) is 27.8 Å². The van der Waals surface area contributed by atoms with Gasteiger partial charge in [0.25, 0.3) is 0 Å². The van der Waals surface area contributed by atoms with Gasteiger partial charge in [-0.05, 0) is 39.2 Å². The Labute approximate surface area is 108 Å². The Kier molecular flexibility index (Phi) is 3.85. The molecule has 0 bridgehead atoms. The number of carbonyl (C=O) groups excluding carboxylic acids is 1. The third kappa shape index (κ3) is 2.64. The molecule has 0 aromatic carbocycles. The molecule has 1 aliphatic rings. The fourth-order valence-corrected chi connectivity index (χ4v) is 2.25. The molecular formula is C14H22N2O2. The van der Waals surface area contributed by atoms with Crippen LogP contribution in [0.1, 0.15) is 51.8 Å². The van der Waals surface area contributed by atoms with Gasteiger partial charge in [0.2, 0.25) is 0 Å². The molecule has 2 heterocycles. The standard InChI is InChI=1S/C14H22N2O2/c1-4-11(2)16-8-6-12(15-16)10-13(17)14(3)7-5-9-18-14/h6,8,11H,4-5,7,9-10H2,1-3H3. The van der Waals surface area contributed by atoms with Crippen LogP contribution in [-0.2, 0) is 16.0 Å². The molecule has 0 amide bonds. The molecule has 1 aromatic rings. The van der Waals surface area contributed by atoms with E-state index < -0.39 is 5.60 Å². The summed E-state index contributed by atoms with van der Waals surface area (Å²) in [5.41, 5.74) is 0.261. The van der Waals surface area contributed by atoms with Crippen molar-refractivity contribution in [2.24, 2.45) is 0 Å². The van der Waals surface area contributed by atoms with E-state index in [0.29, 0.717) is 19.1 Å². The predicted molar refractivity (Wildman–Crippen MR) is 69.5 cm³/mol. The van der Waals surface area contributed by atoms with Crippen molar-refractivity contribution in [3.63, 3.8) is 0 Å². The van der Waals surface area contributed by atoms with Gasteiger partial charge in [-0.25, -0.2) is 0 Å². The normalized spacial score (nSPS) is 25.3. The van der Waals surface area contributed by atoms with E-state index in [-0.39, 0.29) is 5.78 Å². The van der Waals surface area contributed by atoms with Crippen molar-refractivity contribution in [2.75, 3.05) is 6.61 Å². The minimum Gasteiger partial charge on any atom is -0.367 e. The summed E-state index contributed by atoms with van der Waals surface area (Å²) in [7, 11) is 0. The Morgan fingerprint density at radius 2 is 2.44 bits per heavy atom. The van der Waals surface area contributed by atoms with Gasteiger partial charge in [0.15, 0.2) is 5.78 Å². The maximum absolute atomic E-state index is 12.2. The van der Waals surface area contributed by atoms with Crippen LogP contribution in [0, 0.1) is 0 Å². The summed E-state index contributed by atoms with van der Waals surface area (Å²) in [6.45, 7) is 6.85. The summed E-state index contributed by atoms with van der Waals surface area (Å²) in [6.07, 6.45) is 5.17. The number of hydrogen-bond acceptors (Lipinski definition) is 3. The van der Waals surface area contributed by atoms with Gasteiger partial charge < -0.3 is 4.74 Å². The van der Waals surface area contributed by atoms with Crippen molar-refractivity contribution in [2.45, 2.75) is 58.1 Å². The zero-order chi connectivity index (χ0) is 13.2. The minimum atomic E-state index is -0.583. The zero-order valence-electron chi connectivity index (χ0n) is 11.5. The Morgan fingerprint density at radius 3 is 3.06 bits per heavy atom. The lowest BCUT2D eigenvalue weighted by molar-refractivity contribution is -0.136. The van der Waals surface area contributed by atoms with Gasteiger partial charge >= 0.3 is 0 Å². The molecule has 2 atom stereocenters. The number of nitrogens with zero attached hydrogens (tertiary/aromatic N) is 2. The minimum absolute atomic E-state index is 0.148. The van der Waals surface area contributed by atoms with E-state index in [9.17, 15) is 4.79 Å². The second-order valence-corrected chi connectivity index (χ2v) is 5.33. The molecule has 18 heavy (non-hydrogen) atoms. The number of rotatable bonds is 5. The summed E-state index contributed by atoms with van der Waals surface area (Å²) < 4.78 is 7.50. The summed E-state index contributed by atoms with van der Waals surface area (Å²) in [5.74, 6) is 0.148. The van der Waals surface area contributed by atoms with Crippen molar-refractivity contribution in [1.82, 2.24) is 9.78 Å². The number of ether oxygens (including phenoxy) is 1. The first-order valence-electron chi connectivity index (χ1n) is 6.76. The second-order valence-electron chi connectivity index (χ2n) is 5.33. The predicted octanol–water partition coefficient (Wildman–Crippen LogP) is 2.53. The lowest BCUT2D eigenvalue weighted by atomic mass is 9.94. The monoisotopic (exact) mass is 250 g/mol. The molecule has 100 valence electrons. The zero-order valence-corrected chi connectivity index (χ0v) is 11.5. The first kappa shape index (κ1) is 13.3. The highest BCUT2D eigenvalue weighted by atomic mass is 16.5. The Morgan fingerprint density at radius 1 is 1.67 bits per heavy atom. The molecule has 0 saturated carbocycles. The van der Waals surface area contributed by atoms with Crippen molar-refractivity contribution >= 4 is 5.78 Å². The topological polar surface area (TPSA) is 44.1 Å². The van der Waals surface area contributed by atoms with E-state index in [2.05, 4.69) is 18.9 Å². The largest absolute Gasteiger partial charge is 0.367 e. The smallest absolute Gasteiger partial charge is 0.170 e. The van der Waals surface area contributed by atoms with Gasteiger partial charge in [-0.15, -0.1) is 0 Å². The van der Waals surface area contributed by atoms with Crippen LogP contribution >= 0.6 is 0 Å². The van der Waals surface area contributed by atoms with Gasteiger partial charge in [-0.1, -0.05) is 6.92 Å². The van der Waals surface area contributed by atoms with Gasteiger partial charge in [0.05, 0.1) is 12.1 Å². The average molecular weight is 250 g/mol. The van der Waals surface area contributed by atoms with E-state index in [0.717, 1.165) is 25.0 Å². The summed E-state index contributed by atoms with van der Waals surface area (Å²) in [5, 5.41) is 4.46. The SMILES string of the molecule is CCC(C)n1ccc(CC(=O)C2(C)CCCO2)n1. The van der Waals surface area contributed by atoms with Crippen LogP contribution in [0.25, 0.3) is 0 Å². The third-order valence-electron chi connectivity index (χ3n) is 3.86. The number of ketones is 1. The molecule has 0 radical (unpaired) electrons. The molecule has 0 spiro atoms. The van der Waals surface area contributed by atoms with Gasteiger partial charge in [0, 0.05) is 18.8 Å². The quantitative estimate of drug-likeness (QED) is 0.806. The molecule has 1 fully saturated rings. The van der Waals surface area contributed by atoms with Gasteiger partial charge in [-0.2, -0.15) is 5.10 Å². The molecule has 2 rings (SSSR count). The molecule has 4 nitrogen and oxygen atoms in total. The van der Waals surface area contributed by atoms with Crippen molar-refractivity contribution < 1.29 is 9.53 Å². The molecule has 4 heteroatoms. The number of carbonyl (C=O) groups is 1. The van der Waals surface area contributed by atoms with Crippen LogP contribution in [0.4, 0.5) is 0 Å². The molecule has 0 aliphatic carbocycles. The van der Waals surface area contributed by atoms with Crippen LogP contribution < -0.4 is 0 Å². The summed E-state index contributed by atoms with van der Waals surface area (Å²) >= 11 is 0. The van der Waals surface area contributed by atoms with E-state index in [1.165, 1.54) is 0 Å². The fraction of sp³-hybridized carbons (Fsp3) is 0.714. The number of aromatic nitrogens is 2. The number of Topliss-reactive ketones (excluding diaryl/α,β-unsaturated/α-hetero) is 1. The maximum Gasteiger partial charge on any atom is 0.170 e. The first-order chi connectivity index (χ1) is 8.55. The fourth-order valence-electron chi connectivity index (χ4n) is 2.25. The highest BCUT2D eigenvalue weighted by molar-refractivity contribution is 5.88. The van der Waals surface area contributed by atoms with E-state index >= 15 is 0 Å². The van der Waals surface area contributed by atoms with Crippen molar-refractivity contribution in [3.8, 4) is 0 Å². The van der Waals surface area contributed by atoms with E-state index in [1.807, 2.05) is 23.9 Å². The Hall–Kier alpha value is -1.16. The Bertz CT molecular complexity index is 419. The third-order valence-corrected chi connectivity index (χ3v) is 3.86. The van der Waals surface area contributed by atoms with Crippen LogP contribution in [0.5, 0.6) is 0 Å². The summed E-state index contributed by atoms with van der Waals surface area (Å²) in [6, 6.07) is 2.31. The molecule has 1 saturated heterocycles. The van der Waals surface area contributed by atoms with Crippen molar-refractivity contribution in [3.05, 3.63) is 18.0 Å². The molecule has 2 unspecified atom stereocenters. The molecule has 1 aromatic heterocycles. The first-order valence-corrected chi connectivity index (χ1v) is 6.76. The van der Waals surface area contributed by atoms with Crippen LogP contribution in [0.15, 0.2) is 12.3 Å². The molecular weight excluding hydrogens is 228 g/mol. The average Bonchev–Trinajstić information content (AvgIpc) is 2.98. The Balaban J connectivity index is 2.01. The number of hydrogen-bond donors (Lipinski definition) is 0. The van der Waals surface area contributed by atoms with Crippen LogP contribution in [0.3, 0.4) is 0 Å². The molecule has 1 aliphatic heterocycles. The van der Waals surface area contributed by atoms with E-state index in [4.69, 9.17) is 4.74 Å². The van der Waals surface area contributed by atoms with Crippen molar-refractivity contribution in [1.29, 1.82) is 0 Å². The maximum atomic E-state index is 12.2. The van der Waals surface area contributed by atoms with Gasteiger partial charge in [0.1, 0.15) is 5.60 Å². The lowest BCUT2D eigenvalue weighted by Gasteiger charge is -2.20. The second kappa shape index (κ2) is 5.22. The lowest BCUT2D eigenvalue weighted by Crippen LogP contribution is -2.35. The highest BCUT2D eigenvalue weighted by Crippen LogP contribution is 2.27.